The Morgan fingerprint density at radius 2 is 1.93 bits per heavy atom. The number of amides is 1. The Kier molecular flexibility index (Phi) is 6.82. The number of rotatable bonds is 8. The maximum absolute atomic E-state index is 12.7. The minimum atomic E-state index is -0.231. The molecule has 0 aliphatic carbocycles. The van der Waals surface area contributed by atoms with E-state index in [9.17, 15) is 4.79 Å². The Morgan fingerprint density at radius 1 is 1.07 bits per heavy atom. The highest BCUT2D eigenvalue weighted by Gasteiger charge is 2.09. The van der Waals surface area contributed by atoms with Crippen LogP contribution in [0.15, 0.2) is 53.5 Å². The van der Waals surface area contributed by atoms with Gasteiger partial charge in [-0.3, -0.25) is 4.79 Å². The van der Waals surface area contributed by atoms with Crippen LogP contribution in [0.4, 0.5) is 0 Å². The summed E-state index contributed by atoms with van der Waals surface area (Å²) in [5.74, 6) is 0.496. The minimum Gasteiger partial charge on any atom is -0.494 e. The largest absolute Gasteiger partial charge is 0.494 e. The zero-order valence-electron chi connectivity index (χ0n) is 16.0. The summed E-state index contributed by atoms with van der Waals surface area (Å²) in [6.45, 7) is 5.82. The molecule has 0 fully saturated rings. The number of aromatic nitrogens is 1. The second kappa shape index (κ2) is 9.51. The zero-order valence-corrected chi connectivity index (χ0v) is 16.8. The third-order valence-electron chi connectivity index (χ3n) is 4.33. The summed E-state index contributed by atoms with van der Waals surface area (Å²) in [4.78, 5) is 17.9. The van der Waals surface area contributed by atoms with Crippen LogP contribution in [0.1, 0.15) is 49.9 Å². The predicted octanol–water partition coefficient (Wildman–Crippen LogP) is 5.42. The smallest absolute Gasteiger partial charge is 0.279 e. The SMILES string of the molecule is CCCCCOc1cccc(C(=O)N=c2sc3ccccc3n2CCC)c1. The number of unbranched alkanes of at least 4 members (excludes halogenated alkanes) is 2. The lowest BCUT2D eigenvalue weighted by Gasteiger charge is -2.06. The van der Waals surface area contributed by atoms with Crippen LogP contribution in [0.3, 0.4) is 0 Å². The molecule has 0 unspecified atom stereocenters. The van der Waals surface area contributed by atoms with E-state index >= 15 is 0 Å². The van der Waals surface area contributed by atoms with Crippen LogP contribution in [0.5, 0.6) is 5.75 Å². The lowest BCUT2D eigenvalue weighted by atomic mass is 10.2. The predicted molar refractivity (Wildman–Crippen MR) is 111 cm³/mol. The van der Waals surface area contributed by atoms with Crippen molar-refractivity contribution in [2.75, 3.05) is 6.61 Å². The number of nitrogens with zero attached hydrogens (tertiary/aromatic N) is 2. The minimum absolute atomic E-state index is 0.231. The fourth-order valence-corrected chi connectivity index (χ4v) is 4.01. The number of fused-ring (bicyclic) bond motifs is 1. The van der Waals surface area contributed by atoms with Gasteiger partial charge in [-0.1, -0.05) is 56.2 Å². The molecule has 0 spiro atoms. The first-order valence-electron chi connectivity index (χ1n) is 9.63. The Bertz CT molecular complexity index is 972. The second-order valence-electron chi connectivity index (χ2n) is 6.50. The number of para-hydroxylation sites is 1. The van der Waals surface area contributed by atoms with Crippen molar-refractivity contribution < 1.29 is 9.53 Å². The molecule has 1 amide bonds. The standard InChI is InChI=1S/C22H26N2O2S/c1-3-5-8-15-26-18-11-9-10-17(16-18)21(25)23-22-24(14-4-2)19-12-6-7-13-20(19)27-22/h6-7,9-13,16H,3-5,8,14-15H2,1-2H3. The fraction of sp³-hybridized carbons (Fsp3) is 0.364. The highest BCUT2D eigenvalue weighted by molar-refractivity contribution is 7.16. The van der Waals surface area contributed by atoms with Crippen molar-refractivity contribution in [3.63, 3.8) is 0 Å². The van der Waals surface area contributed by atoms with Crippen LogP contribution in [0.25, 0.3) is 10.2 Å². The van der Waals surface area contributed by atoms with E-state index in [2.05, 4.69) is 35.5 Å². The van der Waals surface area contributed by atoms with Crippen LogP contribution in [-0.2, 0) is 6.54 Å². The molecule has 4 nitrogen and oxygen atoms in total. The van der Waals surface area contributed by atoms with Crippen molar-refractivity contribution in [2.24, 2.45) is 4.99 Å². The Morgan fingerprint density at radius 3 is 2.74 bits per heavy atom. The van der Waals surface area contributed by atoms with E-state index in [0.717, 1.165) is 53.0 Å². The van der Waals surface area contributed by atoms with E-state index in [0.29, 0.717) is 12.2 Å². The molecule has 1 heterocycles. The van der Waals surface area contributed by atoms with Gasteiger partial charge in [0, 0.05) is 12.1 Å². The molecule has 0 radical (unpaired) electrons. The van der Waals surface area contributed by atoms with Gasteiger partial charge in [-0.2, -0.15) is 4.99 Å². The topological polar surface area (TPSA) is 43.6 Å². The lowest BCUT2D eigenvalue weighted by molar-refractivity contribution is 0.0997. The van der Waals surface area contributed by atoms with Gasteiger partial charge in [0.1, 0.15) is 5.75 Å². The first-order chi connectivity index (χ1) is 13.2. The quantitative estimate of drug-likeness (QED) is 0.488. The molecule has 5 heteroatoms. The molecule has 142 valence electrons. The van der Waals surface area contributed by atoms with Crippen LogP contribution in [0.2, 0.25) is 0 Å². The second-order valence-corrected chi connectivity index (χ2v) is 7.51. The third-order valence-corrected chi connectivity index (χ3v) is 5.39. The number of hydrogen-bond acceptors (Lipinski definition) is 3. The maximum atomic E-state index is 12.7. The first-order valence-corrected chi connectivity index (χ1v) is 10.4. The summed E-state index contributed by atoms with van der Waals surface area (Å²) in [7, 11) is 0. The van der Waals surface area contributed by atoms with Gasteiger partial charge in [0.2, 0.25) is 0 Å². The molecule has 3 aromatic rings. The van der Waals surface area contributed by atoms with Crippen LogP contribution in [0, 0.1) is 0 Å². The van der Waals surface area contributed by atoms with E-state index in [1.165, 1.54) is 0 Å². The Labute approximate surface area is 164 Å². The van der Waals surface area contributed by atoms with Gasteiger partial charge in [-0.05, 0) is 43.2 Å². The van der Waals surface area contributed by atoms with Gasteiger partial charge in [0.05, 0.1) is 16.8 Å². The summed E-state index contributed by atoms with van der Waals surface area (Å²) in [6, 6.07) is 15.5. The molecule has 2 aromatic carbocycles. The number of ether oxygens (including phenoxy) is 1. The van der Waals surface area contributed by atoms with Crippen molar-refractivity contribution in [3.05, 3.63) is 58.9 Å². The lowest BCUT2D eigenvalue weighted by Crippen LogP contribution is -2.16. The molecule has 0 bridgehead atoms. The number of carbonyl (C=O) groups excluding carboxylic acids is 1. The van der Waals surface area contributed by atoms with Gasteiger partial charge in [-0.25, -0.2) is 0 Å². The summed E-state index contributed by atoms with van der Waals surface area (Å²) in [5, 5.41) is 0. The summed E-state index contributed by atoms with van der Waals surface area (Å²) >= 11 is 1.55. The monoisotopic (exact) mass is 382 g/mol. The molecule has 0 saturated heterocycles. The van der Waals surface area contributed by atoms with Gasteiger partial charge >= 0.3 is 0 Å². The van der Waals surface area contributed by atoms with E-state index < -0.39 is 0 Å². The van der Waals surface area contributed by atoms with E-state index in [1.54, 1.807) is 23.5 Å². The molecule has 0 N–H and O–H groups in total. The van der Waals surface area contributed by atoms with Gasteiger partial charge in [0.25, 0.3) is 5.91 Å². The first kappa shape index (κ1) is 19.4. The average molecular weight is 383 g/mol. The maximum Gasteiger partial charge on any atom is 0.279 e. The normalized spacial score (nSPS) is 11.9. The van der Waals surface area contributed by atoms with E-state index in [1.807, 2.05) is 24.3 Å². The summed E-state index contributed by atoms with van der Waals surface area (Å²) < 4.78 is 9.03. The zero-order chi connectivity index (χ0) is 19.1. The number of benzene rings is 2. The average Bonchev–Trinajstić information content (AvgIpc) is 3.03. The number of thiazole rings is 1. The molecule has 0 atom stereocenters. The Hall–Kier alpha value is -2.40. The van der Waals surface area contributed by atoms with Gasteiger partial charge in [0.15, 0.2) is 4.80 Å². The Balaban J connectivity index is 1.86. The highest BCUT2D eigenvalue weighted by Crippen LogP contribution is 2.18. The number of aryl methyl sites for hydroxylation is 1. The molecular formula is C22H26N2O2S. The van der Waals surface area contributed by atoms with Crippen molar-refractivity contribution in [1.82, 2.24) is 4.57 Å². The third kappa shape index (κ3) is 4.86. The molecule has 3 rings (SSSR count). The van der Waals surface area contributed by atoms with Gasteiger partial charge < -0.3 is 9.30 Å². The molecular weight excluding hydrogens is 356 g/mol. The van der Waals surface area contributed by atoms with Gasteiger partial charge in [-0.15, -0.1) is 0 Å². The van der Waals surface area contributed by atoms with Crippen LogP contribution >= 0.6 is 11.3 Å². The number of carbonyl (C=O) groups is 1. The molecule has 0 aliphatic rings. The summed E-state index contributed by atoms with van der Waals surface area (Å²) in [6.07, 6.45) is 4.33. The highest BCUT2D eigenvalue weighted by atomic mass is 32.1. The number of hydrogen-bond donors (Lipinski definition) is 0. The van der Waals surface area contributed by atoms with Crippen LogP contribution < -0.4 is 9.54 Å². The van der Waals surface area contributed by atoms with Crippen molar-refractivity contribution >= 4 is 27.5 Å². The fourth-order valence-electron chi connectivity index (χ4n) is 2.96. The molecule has 0 aliphatic heterocycles. The van der Waals surface area contributed by atoms with Crippen molar-refractivity contribution in [2.45, 2.75) is 46.1 Å². The molecule has 1 aromatic heterocycles. The molecule has 0 saturated carbocycles. The van der Waals surface area contributed by atoms with E-state index in [-0.39, 0.29) is 5.91 Å². The van der Waals surface area contributed by atoms with Crippen molar-refractivity contribution in [3.8, 4) is 5.75 Å². The van der Waals surface area contributed by atoms with Crippen molar-refractivity contribution in [1.29, 1.82) is 0 Å². The van der Waals surface area contributed by atoms with Crippen LogP contribution in [-0.4, -0.2) is 17.1 Å². The molecule has 27 heavy (non-hydrogen) atoms. The van der Waals surface area contributed by atoms with E-state index in [4.69, 9.17) is 4.74 Å². The summed E-state index contributed by atoms with van der Waals surface area (Å²) in [5.41, 5.74) is 1.69.